The van der Waals surface area contributed by atoms with Crippen molar-refractivity contribution in [1.82, 2.24) is 0 Å². The summed E-state index contributed by atoms with van der Waals surface area (Å²) >= 11 is 0. The number of fused-ring (bicyclic) bond motifs is 5. The van der Waals surface area contributed by atoms with Crippen molar-refractivity contribution in [3.8, 4) is 11.1 Å². The highest BCUT2D eigenvalue weighted by atomic mass is 28.3. The second kappa shape index (κ2) is 14.5. The van der Waals surface area contributed by atoms with E-state index in [1.807, 2.05) is 0 Å². The number of para-hydroxylation sites is 3. The Kier molecular flexibility index (Phi) is 8.53. The van der Waals surface area contributed by atoms with Gasteiger partial charge < -0.3 is 9.80 Å². The topological polar surface area (TPSA) is 6.48 Å². The first kappa shape index (κ1) is 34.8. The largest absolute Gasteiger partial charge is 0.311 e. The average molecular weight is 769 g/mol. The maximum atomic E-state index is 2.49. The van der Waals surface area contributed by atoms with E-state index in [2.05, 4.69) is 252 Å². The number of anilines is 6. The minimum absolute atomic E-state index is 1.11. The Hall–Kier alpha value is -7.46. The van der Waals surface area contributed by atoms with Crippen LogP contribution in [0.15, 0.2) is 243 Å². The minimum atomic E-state index is -2.76. The molecule has 0 atom stereocenters. The van der Waals surface area contributed by atoms with Gasteiger partial charge in [-0.1, -0.05) is 182 Å². The molecule has 0 saturated carbocycles. The molecule has 59 heavy (non-hydrogen) atoms. The van der Waals surface area contributed by atoms with Gasteiger partial charge in [0.15, 0.2) is 8.07 Å². The van der Waals surface area contributed by atoms with E-state index in [4.69, 9.17) is 0 Å². The van der Waals surface area contributed by atoms with Crippen LogP contribution in [0, 0.1) is 0 Å². The van der Waals surface area contributed by atoms with Crippen molar-refractivity contribution in [2.75, 3.05) is 9.80 Å². The van der Waals surface area contributed by atoms with Gasteiger partial charge >= 0.3 is 0 Å². The molecule has 0 spiro atoms. The van der Waals surface area contributed by atoms with Gasteiger partial charge in [-0.15, -0.1) is 0 Å². The van der Waals surface area contributed by atoms with Crippen molar-refractivity contribution < 1.29 is 0 Å². The van der Waals surface area contributed by atoms with Gasteiger partial charge in [0, 0.05) is 34.1 Å². The van der Waals surface area contributed by atoms with Crippen LogP contribution in [0.1, 0.15) is 0 Å². The monoisotopic (exact) mass is 768 g/mol. The van der Waals surface area contributed by atoms with E-state index < -0.39 is 8.07 Å². The Balaban J connectivity index is 1.07. The number of hydrogen-bond acceptors (Lipinski definition) is 2. The quantitative estimate of drug-likeness (QED) is 0.118. The summed E-state index contributed by atoms with van der Waals surface area (Å²) in [4.78, 5) is 4.85. The molecule has 11 rings (SSSR count). The van der Waals surface area contributed by atoms with Gasteiger partial charge in [0.05, 0.1) is 0 Å². The Bertz CT molecular complexity index is 3050. The first-order valence-electron chi connectivity index (χ1n) is 20.3. The first-order chi connectivity index (χ1) is 29.3. The summed E-state index contributed by atoms with van der Waals surface area (Å²) in [6.07, 6.45) is 0. The van der Waals surface area contributed by atoms with E-state index in [0.717, 1.165) is 22.7 Å². The Morgan fingerprint density at radius 3 is 1.58 bits per heavy atom. The lowest BCUT2D eigenvalue weighted by Gasteiger charge is -2.45. The molecule has 0 radical (unpaired) electrons. The number of benzene rings is 10. The third-order valence-electron chi connectivity index (χ3n) is 12.1. The number of rotatable bonds is 7. The molecule has 0 aromatic heterocycles. The van der Waals surface area contributed by atoms with Gasteiger partial charge in [-0.05, 0) is 114 Å². The second-order valence-corrected chi connectivity index (χ2v) is 19.0. The van der Waals surface area contributed by atoms with Crippen molar-refractivity contribution in [2.45, 2.75) is 0 Å². The second-order valence-electron chi connectivity index (χ2n) is 15.3. The van der Waals surface area contributed by atoms with E-state index in [-0.39, 0.29) is 0 Å². The molecule has 3 heteroatoms. The summed E-state index contributed by atoms with van der Waals surface area (Å²) in [6.45, 7) is 0. The predicted octanol–water partition coefficient (Wildman–Crippen LogP) is 12.3. The standard InChI is InChI=1S/C56H40N2Si/c1-5-18-45(19-6-1)57(48-36-37-52-44(39-48)30-29-42-17-13-14-26-51(42)52)47-34-31-41(32-35-47)43-33-38-56-54(40-43)58(46-20-7-2-8-21-46)53-27-15-16-28-55(53)59(56,49-22-9-3-10-23-49)50-24-11-4-12-25-50/h1-40H. The van der Waals surface area contributed by atoms with Crippen molar-refractivity contribution in [3.63, 3.8) is 0 Å². The molecule has 10 aromatic carbocycles. The molecular formula is C56H40N2Si. The number of nitrogens with zero attached hydrogens (tertiary/aromatic N) is 2. The van der Waals surface area contributed by atoms with Gasteiger partial charge in [0.2, 0.25) is 0 Å². The highest BCUT2D eigenvalue weighted by Crippen LogP contribution is 2.42. The SMILES string of the molecule is c1ccc(N(c2ccc(-c3ccc4c(c3)N(c3ccccc3)c3ccccc3[Si]4(c3ccccc3)c3ccccc3)cc2)c2ccc3c(ccc4ccccc43)c2)cc1. The summed E-state index contributed by atoms with van der Waals surface area (Å²) < 4.78 is 0. The van der Waals surface area contributed by atoms with E-state index in [1.165, 1.54) is 64.8 Å². The van der Waals surface area contributed by atoms with Crippen LogP contribution in [0.25, 0.3) is 32.7 Å². The van der Waals surface area contributed by atoms with Crippen LogP contribution in [0.3, 0.4) is 0 Å². The van der Waals surface area contributed by atoms with Crippen LogP contribution in [0.5, 0.6) is 0 Å². The first-order valence-corrected chi connectivity index (χ1v) is 22.3. The Morgan fingerprint density at radius 1 is 0.322 bits per heavy atom. The minimum Gasteiger partial charge on any atom is -0.311 e. The van der Waals surface area contributed by atoms with Crippen molar-refractivity contribution in [3.05, 3.63) is 243 Å². The summed E-state index contributed by atoms with van der Waals surface area (Å²) in [7, 11) is -2.76. The third-order valence-corrected chi connectivity index (χ3v) is 16.9. The zero-order valence-electron chi connectivity index (χ0n) is 32.5. The average Bonchev–Trinajstić information content (AvgIpc) is 3.32. The molecule has 0 N–H and O–H groups in total. The van der Waals surface area contributed by atoms with Gasteiger partial charge in [-0.3, -0.25) is 0 Å². The Morgan fingerprint density at radius 2 is 0.847 bits per heavy atom. The molecule has 1 aliphatic rings. The van der Waals surface area contributed by atoms with Crippen molar-refractivity contribution >= 4 is 84.5 Å². The molecular weight excluding hydrogens is 729 g/mol. The van der Waals surface area contributed by atoms with Crippen molar-refractivity contribution in [1.29, 1.82) is 0 Å². The lowest BCUT2D eigenvalue weighted by atomic mass is 10.0. The molecule has 1 aliphatic heterocycles. The van der Waals surface area contributed by atoms with E-state index in [1.54, 1.807) is 0 Å². The molecule has 278 valence electrons. The lowest BCUT2D eigenvalue weighted by Crippen LogP contribution is -2.77. The fraction of sp³-hybridized carbons (Fsp3) is 0. The normalized spacial score (nSPS) is 12.8. The van der Waals surface area contributed by atoms with Gasteiger partial charge in [-0.2, -0.15) is 0 Å². The van der Waals surface area contributed by atoms with Crippen LogP contribution >= 0.6 is 0 Å². The van der Waals surface area contributed by atoms with Gasteiger partial charge in [-0.25, -0.2) is 0 Å². The van der Waals surface area contributed by atoms with E-state index in [0.29, 0.717) is 0 Å². The van der Waals surface area contributed by atoms with Crippen LogP contribution in [-0.2, 0) is 0 Å². The van der Waals surface area contributed by atoms with Crippen molar-refractivity contribution in [2.24, 2.45) is 0 Å². The zero-order valence-corrected chi connectivity index (χ0v) is 33.5. The molecule has 2 nitrogen and oxygen atoms in total. The van der Waals surface area contributed by atoms with Gasteiger partial charge in [0.25, 0.3) is 0 Å². The van der Waals surface area contributed by atoms with Crippen LogP contribution in [-0.4, -0.2) is 8.07 Å². The highest BCUT2D eigenvalue weighted by Gasteiger charge is 2.48. The third kappa shape index (κ3) is 5.78. The fourth-order valence-electron chi connectivity index (χ4n) is 9.46. The smallest absolute Gasteiger partial charge is 0.184 e. The van der Waals surface area contributed by atoms with Crippen LogP contribution in [0.2, 0.25) is 0 Å². The molecule has 10 aromatic rings. The molecule has 0 fully saturated rings. The highest BCUT2D eigenvalue weighted by molar-refractivity contribution is 7.21. The van der Waals surface area contributed by atoms with Crippen LogP contribution in [0.4, 0.5) is 34.1 Å². The van der Waals surface area contributed by atoms with E-state index >= 15 is 0 Å². The maximum Gasteiger partial charge on any atom is 0.184 e. The summed E-state index contributed by atoms with van der Waals surface area (Å²) in [6, 6.07) is 89.4. The molecule has 0 amide bonds. The molecule has 0 unspecified atom stereocenters. The predicted molar refractivity (Wildman–Crippen MR) is 253 cm³/mol. The molecule has 1 heterocycles. The zero-order chi connectivity index (χ0) is 39.2. The van der Waals surface area contributed by atoms with Gasteiger partial charge in [0.1, 0.15) is 0 Å². The Labute approximate surface area is 346 Å². The fourth-order valence-corrected chi connectivity index (χ4v) is 14.5. The van der Waals surface area contributed by atoms with E-state index in [9.17, 15) is 0 Å². The molecule has 0 aliphatic carbocycles. The summed E-state index contributed by atoms with van der Waals surface area (Å²) in [5.41, 5.74) is 9.33. The molecule has 0 saturated heterocycles. The maximum absolute atomic E-state index is 2.76. The lowest BCUT2D eigenvalue weighted by molar-refractivity contribution is 1.28. The van der Waals surface area contributed by atoms with Crippen LogP contribution < -0.4 is 30.5 Å². The summed E-state index contributed by atoms with van der Waals surface area (Å²) in [5.74, 6) is 0. The summed E-state index contributed by atoms with van der Waals surface area (Å²) in [5, 5.41) is 10.6. The number of hydrogen-bond donors (Lipinski definition) is 0. The molecule has 0 bridgehead atoms.